The maximum Gasteiger partial charge on any atom is -0.0102 e. The Morgan fingerprint density at radius 2 is 1.25 bits per heavy atom. The van der Waals surface area contributed by atoms with E-state index in [1.165, 1.54) is 33.0 Å². The fourth-order valence-corrected chi connectivity index (χ4v) is 3.35. The summed E-state index contributed by atoms with van der Waals surface area (Å²) in [5, 5.41) is 2.66. The molecule has 0 unspecified atom stereocenters. The molecule has 0 spiro atoms. The lowest BCUT2D eigenvalue weighted by Gasteiger charge is -2.24. The molecule has 124 valence electrons. The second-order valence-electron chi connectivity index (χ2n) is 8.79. The zero-order valence-electron chi connectivity index (χ0n) is 15.8. The Hall–Kier alpha value is -2.08. The molecule has 0 amide bonds. The van der Waals surface area contributed by atoms with Gasteiger partial charge in [-0.2, -0.15) is 0 Å². The van der Waals surface area contributed by atoms with E-state index in [0.29, 0.717) is 0 Å². The molecular formula is C24H28. The Kier molecular flexibility index (Phi) is 4.03. The van der Waals surface area contributed by atoms with Crippen molar-refractivity contribution in [3.63, 3.8) is 0 Å². The normalized spacial score (nSPS) is 12.6. The first-order valence-corrected chi connectivity index (χ1v) is 8.81. The highest BCUT2D eigenvalue weighted by atomic mass is 14.2. The van der Waals surface area contributed by atoms with Gasteiger partial charge in [-0.15, -0.1) is 0 Å². The summed E-state index contributed by atoms with van der Waals surface area (Å²) in [5.74, 6) is 0. The second-order valence-corrected chi connectivity index (χ2v) is 8.79. The maximum absolute atomic E-state index is 2.38. The van der Waals surface area contributed by atoms with Crippen LogP contribution in [-0.2, 0) is 10.8 Å². The molecule has 0 heteroatoms. The first kappa shape index (κ1) is 16.8. The molecule has 0 saturated carbocycles. The van der Waals surface area contributed by atoms with Crippen molar-refractivity contribution in [3.8, 4) is 11.1 Å². The fourth-order valence-electron chi connectivity index (χ4n) is 3.35. The molecule has 3 aromatic carbocycles. The molecule has 0 aromatic heterocycles. The summed E-state index contributed by atoms with van der Waals surface area (Å²) in [6, 6.07) is 22.4. The van der Waals surface area contributed by atoms with Crippen LogP contribution in [0.5, 0.6) is 0 Å². The zero-order valence-corrected chi connectivity index (χ0v) is 15.8. The minimum Gasteiger partial charge on any atom is -0.0619 e. The molecule has 0 saturated heterocycles. The summed E-state index contributed by atoms with van der Waals surface area (Å²) < 4.78 is 0. The van der Waals surface area contributed by atoms with Crippen LogP contribution in [0.15, 0.2) is 60.7 Å². The zero-order chi connectivity index (χ0) is 17.5. The van der Waals surface area contributed by atoms with Crippen molar-refractivity contribution in [3.05, 3.63) is 71.8 Å². The number of hydrogen-bond donors (Lipinski definition) is 0. The molecule has 0 heterocycles. The van der Waals surface area contributed by atoms with Gasteiger partial charge >= 0.3 is 0 Å². The van der Waals surface area contributed by atoms with Crippen molar-refractivity contribution < 1.29 is 0 Å². The SMILES string of the molecule is CC(C)(C)c1ccc2cccc(-c3ccccc3C(C)(C)C)c2c1. The van der Waals surface area contributed by atoms with Crippen LogP contribution in [0.1, 0.15) is 52.7 Å². The lowest BCUT2D eigenvalue weighted by atomic mass is 9.80. The van der Waals surface area contributed by atoms with Crippen LogP contribution in [0.2, 0.25) is 0 Å². The third-order valence-corrected chi connectivity index (χ3v) is 4.77. The number of benzene rings is 3. The Labute approximate surface area is 146 Å². The molecule has 3 aromatic rings. The van der Waals surface area contributed by atoms with E-state index in [9.17, 15) is 0 Å². The van der Waals surface area contributed by atoms with E-state index in [0.717, 1.165) is 0 Å². The molecular weight excluding hydrogens is 288 g/mol. The van der Waals surface area contributed by atoms with Gasteiger partial charge in [0.2, 0.25) is 0 Å². The maximum atomic E-state index is 2.38. The van der Waals surface area contributed by atoms with Crippen LogP contribution >= 0.6 is 0 Å². The summed E-state index contributed by atoms with van der Waals surface area (Å²) in [5.41, 5.74) is 5.76. The molecule has 24 heavy (non-hydrogen) atoms. The van der Waals surface area contributed by atoms with Gasteiger partial charge in [0.15, 0.2) is 0 Å². The van der Waals surface area contributed by atoms with Gasteiger partial charge < -0.3 is 0 Å². The van der Waals surface area contributed by atoms with Crippen molar-refractivity contribution >= 4 is 10.8 Å². The van der Waals surface area contributed by atoms with E-state index >= 15 is 0 Å². The molecule has 0 aliphatic rings. The van der Waals surface area contributed by atoms with Crippen LogP contribution in [-0.4, -0.2) is 0 Å². The Morgan fingerprint density at radius 1 is 0.583 bits per heavy atom. The van der Waals surface area contributed by atoms with Crippen LogP contribution < -0.4 is 0 Å². The first-order valence-electron chi connectivity index (χ1n) is 8.81. The van der Waals surface area contributed by atoms with Crippen molar-refractivity contribution in [1.82, 2.24) is 0 Å². The predicted molar refractivity (Wildman–Crippen MR) is 107 cm³/mol. The summed E-state index contributed by atoms with van der Waals surface area (Å²) in [7, 11) is 0. The minimum atomic E-state index is 0.125. The second kappa shape index (κ2) is 5.77. The summed E-state index contributed by atoms with van der Waals surface area (Å²) in [6.07, 6.45) is 0. The van der Waals surface area contributed by atoms with E-state index in [-0.39, 0.29) is 10.8 Å². The quantitative estimate of drug-likeness (QED) is 0.449. The van der Waals surface area contributed by atoms with Crippen molar-refractivity contribution in [1.29, 1.82) is 0 Å². The smallest absolute Gasteiger partial charge is 0.0102 e. The molecule has 0 N–H and O–H groups in total. The van der Waals surface area contributed by atoms with Gasteiger partial charge in [-0.05, 0) is 43.9 Å². The van der Waals surface area contributed by atoms with Gasteiger partial charge in [0, 0.05) is 0 Å². The Morgan fingerprint density at radius 3 is 1.92 bits per heavy atom. The molecule has 0 fully saturated rings. The minimum absolute atomic E-state index is 0.125. The third kappa shape index (κ3) is 3.11. The van der Waals surface area contributed by atoms with Crippen LogP contribution in [0.25, 0.3) is 21.9 Å². The molecule has 3 rings (SSSR count). The van der Waals surface area contributed by atoms with E-state index in [1.54, 1.807) is 0 Å². The van der Waals surface area contributed by atoms with Gasteiger partial charge in [0.05, 0.1) is 0 Å². The molecule has 0 aliphatic heterocycles. The molecule has 0 aliphatic carbocycles. The first-order chi connectivity index (χ1) is 11.2. The van der Waals surface area contributed by atoms with Gasteiger partial charge in [0.1, 0.15) is 0 Å². The monoisotopic (exact) mass is 316 g/mol. The Bertz CT molecular complexity index is 870. The topological polar surface area (TPSA) is 0 Å². The van der Waals surface area contributed by atoms with Gasteiger partial charge in [0.25, 0.3) is 0 Å². The molecule has 0 radical (unpaired) electrons. The van der Waals surface area contributed by atoms with Crippen LogP contribution in [0, 0.1) is 0 Å². The van der Waals surface area contributed by atoms with E-state index in [1.807, 2.05) is 0 Å². The highest BCUT2D eigenvalue weighted by Gasteiger charge is 2.20. The van der Waals surface area contributed by atoms with E-state index in [4.69, 9.17) is 0 Å². The summed E-state index contributed by atoms with van der Waals surface area (Å²) >= 11 is 0. The molecule has 0 nitrogen and oxygen atoms in total. The highest BCUT2D eigenvalue weighted by molar-refractivity contribution is 5.98. The number of fused-ring (bicyclic) bond motifs is 1. The molecule has 0 atom stereocenters. The molecule has 0 bridgehead atoms. The summed E-state index contributed by atoms with van der Waals surface area (Å²) in [6.45, 7) is 13.7. The number of rotatable bonds is 1. The predicted octanol–water partition coefficient (Wildman–Crippen LogP) is 7.10. The summed E-state index contributed by atoms with van der Waals surface area (Å²) in [4.78, 5) is 0. The van der Waals surface area contributed by atoms with Gasteiger partial charge in [-0.3, -0.25) is 0 Å². The average Bonchev–Trinajstić information content (AvgIpc) is 2.52. The van der Waals surface area contributed by atoms with Crippen molar-refractivity contribution in [2.45, 2.75) is 52.4 Å². The Balaban J connectivity index is 2.32. The number of hydrogen-bond acceptors (Lipinski definition) is 0. The van der Waals surface area contributed by atoms with Crippen molar-refractivity contribution in [2.24, 2.45) is 0 Å². The average molecular weight is 316 g/mol. The lowest BCUT2D eigenvalue weighted by molar-refractivity contribution is 0.590. The lowest BCUT2D eigenvalue weighted by Crippen LogP contribution is -2.13. The highest BCUT2D eigenvalue weighted by Crippen LogP contribution is 2.37. The van der Waals surface area contributed by atoms with Gasteiger partial charge in [-0.25, -0.2) is 0 Å². The van der Waals surface area contributed by atoms with Gasteiger partial charge in [-0.1, -0.05) is 102 Å². The van der Waals surface area contributed by atoms with Crippen LogP contribution in [0.3, 0.4) is 0 Å². The third-order valence-electron chi connectivity index (χ3n) is 4.77. The van der Waals surface area contributed by atoms with E-state index < -0.39 is 0 Å². The largest absolute Gasteiger partial charge is 0.0619 e. The van der Waals surface area contributed by atoms with E-state index in [2.05, 4.69) is 102 Å². The fraction of sp³-hybridized carbons (Fsp3) is 0.333. The van der Waals surface area contributed by atoms with Crippen LogP contribution in [0.4, 0.5) is 0 Å². The van der Waals surface area contributed by atoms with Crippen molar-refractivity contribution in [2.75, 3.05) is 0 Å². The standard InChI is InChI=1S/C24H28/c1-23(2,3)18-15-14-17-10-9-12-19(21(17)16-18)20-11-7-8-13-22(20)24(4,5)6/h7-16H,1-6H3.